The van der Waals surface area contributed by atoms with E-state index in [1.807, 2.05) is 30.3 Å². The highest BCUT2D eigenvalue weighted by Gasteiger charge is 2.16. The Hall–Kier alpha value is -2.05. The molecule has 0 aliphatic carbocycles. The summed E-state index contributed by atoms with van der Waals surface area (Å²) in [7, 11) is 0. The number of aliphatic hydroxyl groups is 1. The highest BCUT2D eigenvalue weighted by atomic mass is 16.5. The Morgan fingerprint density at radius 2 is 1.52 bits per heavy atom. The van der Waals surface area contributed by atoms with E-state index in [4.69, 9.17) is 4.74 Å². The summed E-state index contributed by atoms with van der Waals surface area (Å²) in [5.74, 6) is 0.485. The van der Waals surface area contributed by atoms with Crippen LogP contribution in [0.3, 0.4) is 0 Å². The van der Waals surface area contributed by atoms with E-state index in [9.17, 15) is 5.11 Å². The van der Waals surface area contributed by atoms with Crippen LogP contribution >= 0.6 is 0 Å². The average Bonchev–Trinajstić information content (AvgIpc) is 3.31. The van der Waals surface area contributed by atoms with Gasteiger partial charge >= 0.3 is 0 Å². The van der Waals surface area contributed by atoms with E-state index < -0.39 is 6.10 Å². The zero-order valence-corrected chi connectivity index (χ0v) is 20.6. The molecule has 6 heteroatoms. The molecule has 6 nitrogen and oxygen atoms in total. The van der Waals surface area contributed by atoms with Gasteiger partial charge in [-0.25, -0.2) is 4.68 Å². The summed E-state index contributed by atoms with van der Waals surface area (Å²) in [6, 6.07) is 9.98. The topological polar surface area (TPSA) is 73.1 Å². The molecule has 0 aliphatic rings. The number of hydrogen-bond donors (Lipinski definition) is 1. The largest absolute Gasteiger partial charge is 0.385 e. The molecule has 1 heterocycles. The summed E-state index contributed by atoms with van der Waals surface area (Å²) in [5.41, 5.74) is 1.10. The Kier molecular flexibility index (Phi) is 15.2. The first-order valence-electron chi connectivity index (χ1n) is 13.0. The quantitative estimate of drug-likeness (QED) is 0.173. The van der Waals surface area contributed by atoms with Gasteiger partial charge in [-0.1, -0.05) is 107 Å². The van der Waals surface area contributed by atoms with Gasteiger partial charge in [-0.2, -0.15) is 0 Å². The number of tetrazole rings is 1. The van der Waals surface area contributed by atoms with Crippen molar-refractivity contribution >= 4 is 0 Å². The molecule has 1 aromatic heterocycles. The maximum Gasteiger partial charge on any atom is 0.182 e. The SMILES string of the molecule is CCCCCCCC/C=C\CCCCCCCC(O)c1nnnn1COCc1ccccc1. The van der Waals surface area contributed by atoms with Gasteiger partial charge in [-0.15, -0.1) is 5.10 Å². The molecule has 184 valence electrons. The fourth-order valence-corrected chi connectivity index (χ4v) is 3.90. The van der Waals surface area contributed by atoms with Gasteiger partial charge < -0.3 is 9.84 Å². The van der Waals surface area contributed by atoms with Crippen molar-refractivity contribution in [1.82, 2.24) is 20.2 Å². The molecule has 0 amide bonds. The second-order valence-electron chi connectivity index (χ2n) is 8.89. The molecular weight excluding hydrogens is 412 g/mol. The Morgan fingerprint density at radius 1 is 0.879 bits per heavy atom. The minimum Gasteiger partial charge on any atom is -0.385 e. The van der Waals surface area contributed by atoms with Crippen molar-refractivity contribution in [3.05, 3.63) is 53.9 Å². The van der Waals surface area contributed by atoms with E-state index in [-0.39, 0.29) is 6.73 Å². The van der Waals surface area contributed by atoms with E-state index >= 15 is 0 Å². The fourth-order valence-electron chi connectivity index (χ4n) is 3.90. The molecular formula is C27H44N4O2. The number of aromatic nitrogens is 4. The average molecular weight is 457 g/mol. The molecule has 0 bridgehead atoms. The van der Waals surface area contributed by atoms with Crippen molar-refractivity contribution in [2.45, 2.75) is 116 Å². The summed E-state index contributed by atoms with van der Waals surface area (Å²) in [6.07, 6.45) is 21.2. The van der Waals surface area contributed by atoms with Crippen molar-refractivity contribution < 1.29 is 9.84 Å². The number of unbranched alkanes of at least 4 members (excludes halogenated alkanes) is 11. The second kappa shape index (κ2) is 18.4. The van der Waals surface area contributed by atoms with Crippen LogP contribution in [0, 0.1) is 0 Å². The molecule has 33 heavy (non-hydrogen) atoms. The predicted molar refractivity (Wildman–Crippen MR) is 133 cm³/mol. The lowest BCUT2D eigenvalue weighted by molar-refractivity contribution is 0.0445. The lowest BCUT2D eigenvalue weighted by Gasteiger charge is -2.11. The van der Waals surface area contributed by atoms with E-state index in [1.54, 1.807) is 4.68 Å². The Balaban J connectivity index is 1.46. The van der Waals surface area contributed by atoms with Crippen LogP contribution < -0.4 is 0 Å². The van der Waals surface area contributed by atoms with Crippen LogP contribution in [0.2, 0.25) is 0 Å². The molecule has 1 unspecified atom stereocenters. The van der Waals surface area contributed by atoms with Crippen LogP contribution in [0.4, 0.5) is 0 Å². The molecule has 0 fully saturated rings. The zero-order valence-electron chi connectivity index (χ0n) is 20.6. The molecule has 2 aromatic rings. The maximum absolute atomic E-state index is 10.5. The van der Waals surface area contributed by atoms with Crippen LogP contribution in [-0.4, -0.2) is 25.3 Å². The molecule has 1 N–H and O–H groups in total. The van der Waals surface area contributed by atoms with E-state index in [0.717, 1.165) is 18.4 Å². The third-order valence-corrected chi connectivity index (χ3v) is 5.92. The number of nitrogens with zero attached hydrogens (tertiary/aromatic N) is 4. The lowest BCUT2D eigenvalue weighted by atomic mass is 10.1. The number of allylic oxidation sites excluding steroid dienone is 2. The minimum absolute atomic E-state index is 0.237. The summed E-state index contributed by atoms with van der Waals surface area (Å²) < 4.78 is 7.24. The highest BCUT2D eigenvalue weighted by molar-refractivity contribution is 5.13. The number of ether oxygens (including phenoxy) is 1. The second-order valence-corrected chi connectivity index (χ2v) is 8.89. The summed E-state index contributed by atoms with van der Waals surface area (Å²) in [6.45, 7) is 2.99. The number of rotatable bonds is 20. The normalized spacial score (nSPS) is 12.5. The third kappa shape index (κ3) is 12.7. The Morgan fingerprint density at radius 3 is 2.21 bits per heavy atom. The smallest absolute Gasteiger partial charge is 0.182 e. The maximum atomic E-state index is 10.5. The summed E-state index contributed by atoms with van der Waals surface area (Å²) >= 11 is 0. The standard InChI is InChI=1S/C27H44N4O2/c1-2-3-4-5-6-7-8-9-10-11-12-13-14-15-19-22-26(32)27-28-29-30-31(27)24-33-23-25-20-17-16-18-21-25/h9-10,16-18,20-21,26,32H,2-8,11-15,19,22-24H2,1H3/b10-9-. The first-order chi connectivity index (χ1) is 16.3. The monoisotopic (exact) mass is 456 g/mol. The van der Waals surface area contributed by atoms with E-state index in [0.29, 0.717) is 18.9 Å². The van der Waals surface area contributed by atoms with Gasteiger partial charge in [0, 0.05) is 0 Å². The van der Waals surface area contributed by atoms with Crippen molar-refractivity contribution in [2.75, 3.05) is 0 Å². The van der Waals surface area contributed by atoms with Gasteiger partial charge in [0.25, 0.3) is 0 Å². The van der Waals surface area contributed by atoms with E-state index in [2.05, 4.69) is 34.6 Å². The van der Waals surface area contributed by atoms with Crippen molar-refractivity contribution in [3.8, 4) is 0 Å². The van der Waals surface area contributed by atoms with Crippen LogP contribution in [-0.2, 0) is 18.1 Å². The Labute approximate surface area is 200 Å². The molecule has 1 atom stereocenters. The Bertz CT molecular complexity index is 733. The summed E-state index contributed by atoms with van der Waals surface area (Å²) in [4.78, 5) is 0. The van der Waals surface area contributed by atoms with Gasteiger partial charge in [0.05, 0.1) is 6.61 Å². The summed E-state index contributed by atoms with van der Waals surface area (Å²) in [5, 5.41) is 22.1. The minimum atomic E-state index is -0.648. The van der Waals surface area contributed by atoms with Gasteiger partial charge in [0.15, 0.2) is 5.82 Å². The third-order valence-electron chi connectivity index (χ3n) is 5.92. The van der Waals surface area contributed by atoms with Crippen molar-refractivity contribution in [3.63, 3.8) is 0 Å². The molecule has 0 spiro atoms. The van der Waals surface area contributed by atoms with Gasteiger partial charge in [0.1, 0.15) is 12.8 Å². The predicted octanol–water partition coefficient (Wildman–Crippen LogP) is 6.92. The fraction of sp³-hybridized carbons (Fsp3) is 0.667. The first kappa shape index (κ1) is 27.2. The first-order valence-corrected chi connectivity index (χ1v) is 13.0. The van der Waals surface area contributed by atoms with Crippen LogP contribution in [0.1, 0.15) is 114 Å². The van der Waals surface area contributed by atoms with Crippen LogP contribution in [0.5, 0.6) is 0 Å². The number of benzene rings is 1. The molecule has 2 rings (SSSR count). The number of aliphatic hydroxyl groups excluding tert-OH is 1. The number of hydrogen-bond acceptors (Lipinski definition) is 5. The van der Waals surface area contributed by atoms with Crippen LogP contribution in [0.25, 0.3) is 0 Å². The molecule has 0 saturated carbocycles. The zero-order chi connectivity index (χ0) is 23.4. The molecule has 0 radical (unpaired) electrons. The van der Waals surface area contributed by atoms with Gasteiger partial charge in [-0.05, 0) is 48.1 Å². The van der Waals surface area contributed by atoms with Crippen LogP contribution in [0.15, 0.2) is 42.5 Å². The highest BCUT2D eigenvalue weighted by Crippen LogP contribution is 2.18. The van der Waals surface area contributed by atoms with Crippen molar-refractivity contribution in [2.24, 2.45) is 0 Å². The lowest BCUT2D eigenvalue weighted by Crippen LogP contribution is -2.12. The van der Waals surface area contributed by atoms with E-state index in [1.165, 1.54) is 70.6 Å². The van der Waals surface area contributed by atoms with Gasteiger partial charge in [-0.3, -0.25) is 0 Å². The molecule has 0 aliphatic heterocycles. The molecule has 1 aromatic carbocycles. The van der Waals surface area contributed by atoms with Crippen molar-refractivity contribution in [1.29, 1.82) is 0 Å². The van der Waals surface area contributed by atoms with Gasteiger partial charge in [0.2, 0.25) is 0 Å². The molecule has 0 saturated heterocycles.